The number of benzene rings is 3. The molecule has 0 fully saturated rings. The van der Waals surface area contributed by atoms with Gasteiger partial charge in [-0.2, -0.15) is 0 Å². The molecule has 0 radical (unpaired) electrons. The van der Waals surface area contributed by atoms with Crippen molar-refractivity contribution in [3.63, 3.8) is 0 Å². The van der Waals surface area contributed by atoms with E-state index in [-0.39, 0.29) is 30.8 Å². The van der Waals surface area contributed by atoms with Gasteiger partial charge in [-0.1, -0.05) is 74.5 Å². The number of fused-ring (bicyclic) bond motifs is 3. The average Bonchev–Trinajstić information content (AvgIpc) is 3.24. The largest absolute Gasteiger partial charge is 0.482 e. The number of Topliss-reactive ketones (excluding diaryl/α,β-unsaturated/α-hetero) is 1. The number of carbonyl (C=O) groups is 3. The van der Waals surface area contributed by atoms with E-state index in [2.05, 4.69) is 34.3 Å². The summed E-state index contributed by atoms with van der Waals surface area (Å²) in [5.41, 5.74) is 5.50. The van der Waals surface area contributed by atoms with E-state index in [1.807, 2.05) is 24.3 Å². The van der Waals surface area contributed by atoms with Crippen LogP contribution in [-0.2, 0) is 25.5 Å². The van der Waals surface area contributed by atoms with Crippen LogP contribution in [0, 0.1) is 5.92 Å². The first kappa shape index (κ1) is 25.9. The minimum absolute atomic E-state index is 0.00396. The summed E-state index contributed by atoms with van der Waals surface area (Å²) < 4.78 is 15.8. The summed E-state index contributed by atoms with van der Waals surface area (Å²) in [5, 5.41) is 2.60. The van der Waals surface area contributed by atoms with E-state index >= 15 is 0 Å². The number of hydrogen-bond acceptors (Lipinski definition) is 6. The summed E-state index contributed by atoms with van der Waals surface area (Å²) in [6, 6.07) is 22.7. The van der Waals surface area contributed by atoms with Crippen LogP contribution >= 0.6 is 0 Å². The van der Waals surface area contributed by atoms with Gasteiger partial charge in [-0.05, 0) is 46.4 Å². The van der Waals surface area contributed by atoms with Crippen molar-refractivity contribution in [3.8, 4) is 16.9 Å². The van der Waals surface area contributed by atoms with Crippen molar-refractivity contribution >= 4 is 17.8 Å². The quantitative estimate of drug-likeness (QED) is 0.397. The number of ketones is 1. The fraction of sp³-hybridized carbons (Fsp3) is 0.300. The predicted molar refractivity (Wildman–Crippen MR) is 139 cm³/mol. The van der Waals surface area contributed by atoms with Gasteiger partial charge in [0.05, 0.1) is 13.2 Å². The second kappa shape index (κ2) is 11.7. The summed E-state index contributed by atoms with van der Waals surface area (Å²) in [5.74, 6) is -0.264. The summed E-state index contributed by atoms with van der Waals surface area (Å²) in [6.45, 7) is 3.60. The third-order valence-electron chi connectivity index (χ3n) is 6.48. The van der Waals surface area contributed by atoms with Gasteiger partial charge in [0.15, 0.2) is 12.4 Å². The van der Waals surface area contributed by atoms with Crippen molar-refractivity contribution in [3.05, 3.63) is 89.5 Å². The number of carbonyl (C=O) groups excluding carboxylic acids is 3. The zero-order valence-corrected chi connectivity index (χ0v) is 21.2. The van der Waals surface area contributed by atoms with Gasteiger partial charge in [0, 0.05) is 11.8 Å². The molecule has 1 atom stereocenters. The number of rotatable bonds is 10. The van der Waals surface area contributed by atoms with Crippen LogP contribution in [-0.4, -0.2) is 44.2 Å². The molecule has 0 aromatic heterocycles. The van der Waals surface area contributed by atoms with Gasteiger partial charge in [-0.15, -0.1) is 0 Å². The van der Waals surface area contributed by atoms with Crippen LogP contribution in [0.5, 0.6) is 5.75 Å². The molecule has 37 heavy (non-hydrogen) atoms. The second-order valence-electron chi connectivity index (χ2n) is 9.29. The minimum atomic E-state index is -0.694. The van der Waals surface area contributed by atoms with E-state index < -0.39 is 18.1 Å². The van der Waals surface area contributed by atoms with Crippen molar-refractivity contribution in [1.29, 1.82) is 0 Å². The van der Waals surface area contributed by atoms with Gasteiger partial charge < -0.3 is 19.5 Å². The van der Waals surface area contributed by atoms with E-state index in [1.165, 1.54) is 18.2 Å². The molecular weight excluding hydrogens is 470 g/mol. The molecule has 0 unspecified atom stereocenters. The lowest BCUT2D eigenvalue weighted by atomic mass is 9.96. The fourth-order valence-corrected chi connectivity index (χ4v) is 4.58. The summed E-state index contributed by atoms with van der Waals surface area (Å²) >= 11 is 0. The SMILES string of the molecule is COC(=O)N[C@@H](Cc1ccc(OCC(=O)OCC2c3ccccc3-c3ccccc32)cc1)C(=O)C(C)C. The molecule has 1 aliphatic carbocycles. The second-order valence-corrected chi connectivity index (χ2v) is 9.29. The molecule has 0 heterocycles. The van der Waals surface area contributed by atoms with Crippen LogP contribution < -0.4 is 10.1 Å². The maximum Gasteiger partial charge on any atom is 0.407 e. The zero-order chi connectivity index (χ0) is 26.4. The van der Waals surface area contributed by atoms with E-state index in [0.29, 0.717) is 12.2 Å². The molecule has 0 aliphatic heterocycles. The first-order valence-corrected chi connectivity index (χ1v) is 12.3. The Hall–Kier alpha value is -4.13. The monoisotopic (exact) mass is 501 g/mol. The Morgan fingerprint density at radius 3 is 2.03 bits per heavy atom. The standard InChI is InChI=1S/C30H31NO6/c1-19(2)29(33)27(31-30(34)35-3)16-20-12-14-21(15-13-20)36-18-28(32)37-17-26-24-10-6-4-8-22(24)23-9-5-7-11-25(23)26/h4-15,19,26-27H,16-18H2,1-3H3,(H,31,34)/t27-/m0/s1. The number of methoxy groups -OCH3 is 1. The highest BCUT2D eigenvalue weighted by atomic mass is 16.6. The molecule has 3 aromatic rings. The Bertz CT molecular complexity index is 1220. The van der Waals surface area contributed by atoms with Gasteiger partial charge >= 0.3 is 12.1 Å². The number of alkyl carbamates (subject to hydrolysis) is 1. The molecule has 0 spiro atoms. The molecule has 1 amide bonds. The van der Waals surface area contributed by atoms with E-state index in [1.54, 1.807) is 38.1 Å². The zero-order valence-electron chi connectivity index (χ0n) is 21.2. The third kappa shape index (κ3) is 6.17. The summed E-state index contributed by atoms with van der Waals surface area (Å²) in [4.78, 5) is 36.6. The van der Waals surface area contributed by atoms with E-state index in [4.69, 9.17) is 9.47 Å². The Labute approximate surface area is 216 Å². The Kier molecular flexibility index (Phi) is 8.23. The van der Waals surface area contributed by atoms with E-state index in [0.717, 1.165) is 16.7 Å². The molecule has 0 saturated carbocycles. The third-order valence-corrected chi connectivity index (χ3v) is 6.48. The van der Waals surface area contributed by atoms with Crippen LogP contribution in [0.4, 0.5) is 4.79 Å². The molecule has 3 aromatic carbocycles. The van der Waals surface area contributed by atoms with Gasteiger partial charge in [-0.3, -0.25) is 4.79 Å². The maximum absolute atomic E-state index is 12.5. The van der Waals surface area contributed by atoms with Gasteiger partial charge in [0.2, 0.25) is 0 Å². The highest BCUT2D eigenvalue weighted by molar-refractivity contribution is 5.89. The lowest BCUT2D eigenvalue weighted by molar-refractivity contribution is -0.146. The molecular formula is C30H31NO6. The highest BCUT2D eigenvalue weighted by Gasteiger charge is 2.29. The highest BCUT2D eigenvalue weighted by Crippen LogP contribution is 2.44. The molecule has 4 rings (SSSR count). The lowest BCUT2D eigenvalue weighted by Crippen LogP contribution is -2.44. The average molecular weight is 502 g/mol. The van der Waals surface area contributed by atoms with Crippen LogP contribution in [0.1, 0.15) is 36.5 Å². The molecule has 7 heteroatoms. The van der Waals surface area contributed by atoms with Crippen molar-refractivity contribution in [2.45, 2.75) is 32.2 Å². The molecule has 0 bridgehead atoms. The molecule has 1 aliphatic rings. The van der Waals surface area contributed by atoms with Gasteiger partial charge in [-0.25, -0.2) is 9.59 Å². The van der Waals surface area contributed by atoms with Gasteiger partial charge in [0.25, 0.3) is 0 Å². The number of ether oxygens (including phenoxy) is 3. The van der Waals surface area contributed by atoms with Crippen molar-refractivity contribution in [2.24, 2.45) is 5.92 Å². The summed E-state index contributed by atoms with van der Waals surface area (Å²) in [6.07, 6.45) is -0.333. The Balaban J connectivity index is 1.30. The Morgan fingerprint density at radius 1 is 0.865 bits per heavy atom. The van der Waals surface area contributed by atoms with Crippen molar-refractivity contribution < 1.29 is 28.6 Å². The number of hydrogen-bond donors (Lipinski definition) is 1. The topological polar surface area (TPSA) is 90.9 Å². The van der Waals surface area contributed by atoms with Crippen molar-refractivity contribution in [1.82, 2.24) is 5.32 Å². The number of amides is 1. The molecule has 1 N–H and O–H groups in total. The normalized spacial score (nSPS) is 12.9. The maximum atomic E-state index is 12.5. The van der Waals surface area contributed by atoms with Crippen LogP contribution in [0.2, 0.25) is 0 Å². The first-order chi connectivity index (χ1) is 17.9. The lowest BCUT2D eigenvalue weighted by Gasteiger charge is -2.19. The molecule has 7 nitrogen and oxygen atoms in total. The fourth-order valence-electron chi connectivity index (χ4n) is 4.58. The molecule has 0 saturated heterocycles. The summed E-state index contributed by atoms with van der Waals surface area (Å²) in [7, 11) is 1.26. The smallest absolute Gasteiger partial charge is 0.407 e. The van der Waals surface area contributed by atoms with Crippen molar-refractivity contribution in [2.75, 3.05) is 20.3 Å². The van der Waals surface area contributed by atoms with Gasteiger partial charge in [0.1, 0.15) is 12.4 Å². The molecule has 192 valence electrons. The minimum Gasteiger partial charge on any atom is -0.482 e. The predicted octanol–water partition coefficient (Wildman–Crippen LogP) is 4.91. The van der Waals surface area contributed by atoms with Crippen LogP contribution in [0.15, 0.2) is 72.8 Å². The van der Waals surface area contributed by atoms with Crippen LogP contribution in [0.3, 0.4) is 0 Å². The number of esters is 1. The van der Waals surface area contributed by atoms with E-state index in [9.17, 15) is 14.4 Å². The van der Waals surface area contributed by atoms with Crippen LogP contribution in [0.25, 0.3) is 11.1 Å². The first-order valence-electron chi connectivity index (χ1n) is 12.3. The Morgan fingerprint density at radius 2 is 1.46 bits per heavy atom. The number of nitrogens with one attached hydrogen (secondary N) is 1.